The summed E-state index contributed by atoms with van der Waals surface area (Å²) in [5.74, 6) is 0.103. The molecule has 0 atom stereocenters. The van der Waals surface area contributed by atoms with Gasteiger partial charge in [0.2, 0.25) is 0 Å². The monoisotopic (exact) mass is 428 g/mol. The summed E-state index contributed by atoms with van der Waals surface area (Å²) in [6.07, 6.45) is 4.68. The van der Waals surface area contributed by atoms with Gasteiger partial charge in [-0.1, -0.05) is 41.7 Å². The summed E-state index contributed by atoms with van der Waals surface area (Å²) >= 11 is 1.58. The first-order valence-corrected chi connectivity index (χ1v) is 11.5. The molecule has 5 nitrogen and oxygen atoms in total. The minimum absolute atomic E-state index is 0.103. The first-order chi connectivity index (χ1) is 15.1. The van der Waals surface area contributed by atoms with E-state index in [1.165, 1.54) is 18.4 Å². The third kappa shape index (κ3) is 4.55. The summed E-state index contributed by atoms with van der Waals surface area (Å²) in [5.41, 5.74) is 3.79. The molecule has 6 heteroatoms. The highest BCUT2D eigenvalue weighted by Gasteiger charge is 2.14. The molecule has 1 fully saturated rings. The summed E-state index contributed by atoms with van der Waals surface area (Å²) in [4.78, 5) is 19.9. The zero-order valence-corrected chi connectivity index (χ0v) is 18.4. The predicted molar refractivity (Wildman–Crippen MR) is 124 cm³/mol. The van der Waals surface area contributed by atoms with Crippen molar-refractivity contribution in [2.75, 3.05) is 13.1 Å². The van der Waals surface area contributed by atoms with Gasteiger partial charge in [-0.2, -0.15) is 0 Å². The zero-order valence-electron chi connectivity index (χ0n) is 17.5. The fraction of sp³-hybridized carbons (Fsp3) is 0.280. The van der Waals surface area contributed by atoms with Crippen molar-refractivity contribution in [3.63, 3.8) is 0 Å². The van der Waals surface area contributed by atoms with Crippen molar-refractivity contribution in [2.45, 2.75) is 32.7 Å². The number of nitrogens with zero attached hydrogens (tertiary/aromatic N) is 4. The maximum absolute atomic E-state index is 13.0. The second-order valence-corrected chi connectivity index (χ2v) is 9.33. The lowest BCUT2D eigenvalue weighted by Gasteiger charge is -2.15. The van der Waals surface area contributed by atoms with Gasteiger partial charge in [-0.25, -0.2) is 0 Å². The van der Waals surface area contributed by atoms with Gasteiger partial charge in [0, 0.05) is 34.9 Å². The van der Waals surface area contributed by atoms with Crippen molar-refractivity contribution in [2.24, 2.45) is 0 Å². The minimum atomic E-state index is 0.103. The van der Waals surface area contributed by atoms with Gasteiger partial charge in [0.05, 0.1) is 6.42 Å². The van der Waals surface area contributed by atoms with Crippen molar-refractivity contribution >= 4 is 27.9 Å². The Bertz CT molecular complexity index is 1240. The van der Waals surface area contributed by atoms with E-state index in [1.54, 1.807) is 11.3 Å². The lowest BCUT2D eigenvalue weighted by Crippen LogP contribution is -2.18. The van der Waals surface area contributed by atoms with E-state index in [-0.39, 0.29) is 5.78 Å². The van der Waals surface area contributed by atoms with Crippen LogP contribution in [-0.4, -0.2) is 39.0 Å². The third-order valence-electron chi connectivity index (χ3n) is 5.75. The Morgan fingerprint density at radius 3 is 2.71 bits per heavy atom. The first-order valence-electron chi connectivity index (χ1n) is 10.7. The van der Waals surface area contributed by atoms with Gasteiger partial charge in [-0.05, 0) is 62.0 Å². The molecule has 0 N–H and O–H groups in total. The summed E-state index contributed by atoms with van der Waals surface area (Å²) < 4.78 is 0. The second kappa shape index (κ2) is 8.65. The fourth-order valence-corrected chi connectivity index (χ4v) is 4.83. The van der Waals surface area contributed by atoms with E-state index in [9.17, 15) is 4.79 Å². The van der Waals surface area contributed by atoms with E-state index >= 15 is 0 Å². The van der Waals surface area contributed by atoms with Gasteiger partial charge < -0.3 is 0 Å². The van der Waals surface area contributed by atoms with Crippen molar-refractivity contribution in [3.05, 3.63) is 76.6 Å². The molecule has 31 heavy (non-hydrogen) atoms. The third-order valence-corrected chi connectivity index (χ3v) is 6.63. The molecule has 0 unspecified atom stereocenters. The van der Waals surface area contributed by atoms with Crippen molar-refractivity contribution < 1.29 is 4.79 Å². The molecule has 0 saturated carbocycles. The summed E-state index contributed by atoms with van der Waals surface area (Å²) in [7, 11) is 0. The van der Waals surface area contributed by atoms with Crippen LogP contribution in [0.15, 0.2) is 54.7 Å². The Kier molecular flexibility index (Phi) is 5.57. The Labute approximate surface area is 185 Å². The molecule has 1 saturated heterocycles. The van der Waals surface area contributed by atoms with Gasteiger partial charge in [0.1, 0.15) is 10.0 Å². The lowest BCUT2D eigenvalue weighted by atomic mass is 10.0. The molecule has 156 valence electrons. The molecule has 0 aliphatic carbocycles. The highest BCUT2D eigenvalue weighted by Crippen LogP contribution is 2.27. The molecule has 0 bridgehead atoms. The molecule has 1 aliphatic rings. The average molecular weight is 429 g/mol. The van der Waals surface area contributed by atoms with Gasteiger partial charge in [-0.15, -0.1) is 10.2 Å². The van der Waals surface area contributed by atoms with Crippen LogP contribution >= 0.6 is 11.3 Å². The molecular formula is C25H24N4OS. The molecule has 3 heterocycles. The molecule has 1 aliphatic heterocycles. The minimum Gasteiger partial charge on any atom is -0.299 e. The van der Waals surface area contributed by atoms with Crippen LogP contribution in [0, 0.1) is 6.92 Å². The van der Waals surface area contributed by atoms with Crippen LogP contribution in [-0.2, 0) is 13.0 Å². The number of fused-ring (bicyclic) bond motifs is 1. The van der Waals surface area contributed by atoms with Gasteiger partial charge in [0.15, 0.2) is 5.78 Å². The Morgan fingerprint density at radius 2 is 1.90 bits per heavy atom. The molecule has 0 spiro atoms. The molecule has 4 aromatic rings. The van der Waals surface area contributed by atoms with Gasteiger partial charge in [0.25, 0.3) is 0 Å². The van der Waals surface area contributed by atoms with E-state index in [1.807, 2.05) is 49.5 Å². The molecule has 0 radical (unpaired) electrons. The maximum Gasteiger partial charge on any atom is 0.168 e. The quantitative estimate of drug-likeness (QED) is 0.401. The van der Waals surface area contributed by atoms with Crippen molar-refractivity contribution in [1.29, 1.82) is 0 Å². The number of hydrogen-bond acceptors (Lipinski definition) is 6. The summed E-state index contributed by atoms with van der Waals surface area (Å²) in [6, 6.07) is 16.2. The highest BCUT2D eigenvalue weighted by atomic mass is 32.1. The lowest BCUT2D eigenvalue weighted by molar-refractivity contribution is 0.0992. The number of ketones is 1. The number of hydrogen-bond donors (Lipinski definition) is 0. The van der Waals surface area contributed by atoms with Crippen LogP contribution in [0.25, 0.3) is 21.3 Å². The van der Waals surface area contributed by atoms with Crippen LogP contribution in [0.5, 0.6) is 0 Å². The molecule has 2 aromatic carbocycles. The average Bonchev–Trinajstić information content (AvgIpc) is 3.45. The number of aromatic nitrogens is 3. The summed E-state index contributed by atoms with van der Waals surface area (Å²) in [6.45, 7) is 5.18. The van der Waals surface area contributed by atoms with Crippen molar-refractivity contribution in [3.8, 4) is 10.6 Å². The van der Waals surface area contributed by atoms with E-state index in [0.717, 1.165) is 57.2 Å². The molecule has 5 rings (SSSR count). The largest absolute Gasteiger partial charge is 0.299 e. The number of rotatable bonds is 6. The molecular weight excluding hydrogens is 404 g/mol. The normalized spacial score (nSPS) is 14.4. The van der Waals surface area contributed by atoms with Crippen molar-refractivity contribution in [1.82, 2.24) is 20.1 Å². The van der Waals surface area contributed by atoms with Crippen LogP contribution < -0.4 is 0 Å². The smallest absolute Gasteiger partial charge is 0.168 e. The first kappa shape index (κ1) is 20.0. The number of carbonyl (C=O) groups is 1. The number of Topliss-reactive ketones (excluding diaryl/α,β-unsaturated/α-hetero) is 1. The van der Waals surface area contributed by atoms with E-state index in [2.05, 4.69) is 32.2 Å². The van der Waals surface area contributed by atoms with Crippen LogP contribution in [0.1, 0.15) is 39.5 Å². The standard InChI is InChI=1S/C25H24N4OS/c1-17-27-28-25(31-17)20-7-8-21-15-26-23(13-22(21)12-20)14-24(30)19-6-4-5-18(11-19)16-29-9-2-3-10-29/h4-8,11-13,15H,2-3,9-10,14,16H2,1H3. The van der Waals surface area contributed by atoms with E-state index < -0.39 is 0 Å². The fourth-order valence-electron chi connectivity index (χ4n) is 4.14. The number of aryl methyl sites for hydroxylation is 1. The predicted octanol–water partition coefficient (Wildman–Crippen LogP) is 5.08. The Hall–Kier alpha value is -2.96. The van der Waals surface area contributed by atoms with E-state index in [0.29, 0.717) is 6.42 Å². The number of carbonyl (C=O) groups excluding carboxylic acids is 1. The molecule has 0 amide bonds. The number of likely N-dealkylation sites (tertiary alicyclic amines) is 1. The number of pyridine rings is 1. The second-order valence-electron chi connectivity index (χ2n) is 8.15. The van der Waals surface area contributed by atoms with E-state index in [4.69, 9.17) is 0 Å². The summed E-state index contributed by atoms with van der Waals surface area (Å²) in [5, 5.41) is 12.3. The highest BCUT2D eigenvalue weighted by molar-refractivity contribution is 7.14. The zero-order chi connectivity index (χ0) is 21.2. The van der Waals surface area contributed by atoms with Crippen LogP contribution in [0.4, 0.5) is 0 Å². The van der Waals surface area contributed by atoms with Gasteiger partial charge >= 0.3 is 0 Å². The molecule has 2 aromatic heterocycles. The van der Waals surface area contributed by atoms with Crippen LogP contribution in [0.3, 0.4) is 0 Å². The van der Waals surface area contributed by atoms with Crippen LogP contribution in [0.2, 0.25) is 0 Å². The van der Waals surface area contributed by atoms with Gasteiger partial charge in [-0.3, -0.25) is 14.7 Å². The Balaban J connectivity index is 1.35. The Morgan fingerprint density at radius 1 is 1.03 bits per heavy atom. The number of benzene rings is 2. The SMILES string of the molecule is Cc1nnc(-c2ccc3cnc(CC(=O)c4cccc(CN5CCCC5)c4)cc3c2)s1. The maximum atomic E-state index is 13.0. The topological polar surface area (TPSA) is 59.0 Å².